The van der Waals surface area contributed by atoms with E-state index in [2.05, 4.69) is 10.6 Å². The number of thioether (sulfide) groups is 1. The first-order chi connectivity index (χ1) is 14.3. The number of amides is 2. The number of hydrogen-bond acceptors (Lipinski definition) is 3. The quantitative estimate of drug-likeness (QED) is 0.410. The van der Waals surface area contributed by atoms with Crippen molar-refractivity contribution in [2.24, 2.45) is 0 Å². The van der Waals surface area contributed by atoms with E-state index in [1.54, 1.807) is 43.3 Å². The van der Waals surface area contributed by atoms with Gasteiger partial charge in [0.1, 0.15) is 5.82 Å². The normalized spacial score (nSPS) is 11.6. The zero-order valence-corrected chi connectivity index (χ0v) is 18.1. The average molecular weight is 463 g/mol. The molecule has 0 aliphatic carbocycles. The first kappa shape index (κ1) is 22.2. The minimum atomic E-state index is -0.405. The molecule has 30 heavy (non-hydrogen) atoms. The van der Waals surface area contributed by atoms with Gasteiger partial charge in [0.05, 0.1) is 15.3 Å². The second-order valence-corrected chi connectivity index (χ2v) is 8.60. The predicted molar refractivity (Wildman–Crippen MR) is 121 cm³/mol. The lowest BCUT2D eigenvalue weighted by Crippen LogP contribution is -2.22. The third-order valence-electron chi connectivity index (χ3n) is 4.07. The maximum absolute atomic E-state index is 13.0. The van der Waals surface area contributed by atoms with Crippen molar-refractivity contribution in [1.82, 2.24) is 0 Å². The van der Waals surface area contributed by atoms with Crippen LogP contribution in [0.1, 0.15) is 17.3 Å². The van der Waals surface area contributed by atoms with Gasteiger partial charge in [-0.05, 0) is 67.6 Å². The van der Waals surface area contributed by atoms with Gasteiger partial charge < -0.3 is 10.6 Å². The van der Waals surface area contributed by atoms with E-state index in [1.807, 2.05) is 6.07 Å². The Bertz CT molecular complexity index is 1080. The van der Waals surface area contributed by atoms with Crippen LogP contribution in [0.5, 0.6) is 0 Å². The van der Waals surface area contributed by atoms with Crippen molar-refractivity contribution in [3.8, 4) is 0 Å². The maximum atomic E-state index is 13.0. The second kappa shape index (κ2) is 9.98. The highest BCUT2D eigenvalue weighted by Gasteiger charge is 2.16. The molecule has 4 nitrogen and oxygen atoms in total. The van der Waals surface area contributed by atoms with E-state index >= 15 is 0 Å². The summed E-state index contributed by atoms with van der Waals surface area (Å²) in [7, 11) is 0. The minimum absolute atomic E-state index is 0.195. The van der Waals surface area contributed by atoms with E-state index in [-0.39, 0.29) is 11.8 Å². The van der Waals surface area contributed by atoms with E-state index in [0.29, 0.717) is 27.0 Å². The number of halogens is 3. The van der Waals surface area contributed by atoms with Gasteiger partial charge in [-0.3, -0.25) is 9.59 Å². The first-order valence-corrected chi connectivity index (χ1v) is 10.5. The summed E-state index contributed by atoms with van der Waals surface area (Å²) in [6.45, 7) is 1.78. The molecule has 8 heteroatoms. The average Bonchev–Trinajstić information content (AvgIpc) is 2.71. The van der Waals surface area contributed by atoms with E-state index < -0.39 is 11.1 Å². The van der Waals surface area contributed by atoms with Crippen LogP contribution in [0.3, 0.4) is 0 Å². The van der Waals surface area contributed by atoms with Crippen molar-refractivity contribution in [1.29, 1.82) is 0 Å². The standard InChI is InChI=1S/C22H17Cl2FN2O2S/c1-13(21(28)26-17-9-10-19(23)20(24)12-17)30-18-4-2-3-16(11-18)27-22(29)14-5-7-15(25)8-6-14/h2-13H,1H3,(H,26,28)(H,27,29). The molecule has 1 unspecified atom stereocenters. The van der Waals surface area contributed by atoms with E-state index in [9.17, 15) is 14.0 Å². The summed E-state index contributed by atoms with van der Waals surface area (Å²) in [4.78, 5) is 25.6. The molecule has 0 aliphatic heterocycles. The van der Waals surface area contributed by atoms with E-state index in [1.165, 1.54) is 36.0 Å². The fraction of sp³-hybridized carbons (Fsp3) is 0.0909. The summed E-state index contributed by atoms with van der Waals surface area (Å²) < 4.78 is 13.0. The molecule has 0 saturated carbocycles. The number of carbonyl (C=O) groups excluding carboxylic acids is 2. The number of rotatable bonds is 6. The molecule has 0 spiro atoms. The molecule has 0 aliphatic rings. The van der Waals surface area contributed by atoms with Crippen molar-refractivity contribution < 1.29 is 14.0 Å². The fourth-order valence-corrected chi connectivity index (χ4v) is 3.75. The van der Waals surface area contributed by atoms with Crippen LogP contribution in [-0.4, -0.2) is 17.1 Å². The summed E-state index contributed by atoms with van der Waals surface area (Å²) in [6, 6.07) is 17.3. The Balaban J connectivity index is 1.62. The van der Waals surface area contributed by atoms with Crippen molar-refractivity contribution in [2.45, 2.75) is 17.1 Å². The molecule has 154 valence electrons. The van der Waals surface area contributed by atoms with Gasteiger partial charge in [0.25, 0.3) is 5.91 Å². The smallest absolute Gasteiger partial charge is 0.255 e. The summed E-state index contributed by atoms with van der Waals surface area (Å²) in [6.07, 6.45) is 0. The lowest BCUT2D eigenvalue weighted by atomic mass is 10.2. The maximum Gasteiger partial charge on any atom is 0.255 e. The Labute approximate surface area is 187 Å². The van der Waals surface area contributed by atoms with Crippen LogP contribution >= 0.6 is 35.0 Å². The Morgan fingerprint density at radius 1 is 0.900 bits per heavy atom. The molecule has 0 heterocycles. The molecule has 0 aromatic heterocycles. The molecule has 3 aromatic rings. The summed E-state index contributed by atoms with van der Waals surface area (Å²) >= 11 is 13.2. The van der Waals surface area contributed by atoms with Gasteiger partial charge in [-0.25, -0.2) is 4.39 Å². The third-order valence-corrected chi connectivity index (χ3v) is 5.90. The van der Waals surface area contributed by atoms with Crippen LogP contribution < -0.4 is 10.6 Å². The Hall–Kier alpha value is -2.54. The highest BCUT2D eigenvalue weighted by atomic mass is 35.5. The van der Waals surface area contributed by atoms with Crippen LogP contribution in [0.2, 0.25) is 10.0 Å². The van der Waals surface area contributed by atoms with Gasteiger partial charge in [-0.1, -0.05) is 29.3 Å². The molecule has 1 atom stereocenters. The van der Waals surface area contributed by atoms with Gasteiger partial charge in [0, 0.05) is 21.8 Å². The number of anilines is 2. The van der Waals surface area contributed by atoms with Gasteiger partial charge in [0.15, 0.2) is 0 Å². The molecule has 2 N–H and O–H groups in total. The molecule has 0 fully saturated rings. The van der Waals surface area contributed by atoms with Crippen LogP contribution in [0, 0.1) is 5.82 Å². The van der Waals surface area contributed by atoms with Gasteiger partial charge in [-0.2, -0.15) is 0 Å². The van der Waals surface area contributed by atoms with Crippen molar-refractivity contribution >= 4 is 58.2 Å². The molecular formula is C22H17Cl2FN2O2S. The molecule has 3 rings (SSSR count). The van der Waals surface area contributed by atoms with Crippen molar-refractivity contribution in [3.63, 3.8) is 0 Å². The number of nitrogens with one attached hydrogen (secondary N) is 2. The topological polar surface area (TPSA) is 58.2 Å². The van der Waals surface area contributed by atoms with Gasteiger partial charge >= 0.3 is 0 Å². The summed E-state index contributed by atoms with van der Waals surface area (Å²) in [5.74, 6) is -0.945. The molecule has 0 saturated heterocycles. The van der Waals surface area contributed by atoms with Gasteiger partial charge in [0.2, 0.25) is 5.91 Å². The monoisotopic (exact) mass is 462 g/mol. The molecule has 0 bridgehead atoms. The van der Waals surface area contributed by atoms with Crippen LogP contribution in [0.15, 0.2) is 71.6 Å². The Morgan fingerprint density at radius 3 is 2.30 bits per heavy atom. The highest BCUT2D eigenvalue weighted by Crippen LogP contribution is 2.28. The number of hydrogen-bond donors (Lipinski definition) is 2. The first-order valence-electron chi connectivity index (χ1n) is 8.91. The van der Waals surface area contributed by atoms with E-state index in [4.69, 9.17) is 23.2 Å². The summed E-state index contributed by atoms with van der Waals surface area (Å²) in [5.41, 5.74) is 1.48. The fourth-order valence-electron chi connectivity index (χ4n) is 2.53. The molecule has 3 aromatic carbocycles. The largest absolute Gasteiger partial charge is 0.325 e. The molecule has 2 amide bonds. The Morgan fingerprint density at radius 2 is 1.60 bits per heavy atom. The van der Waals surface area contributed by atoms with Crippen LogP contribution in [0.4, 0.5) is 15.8 Å². The minimum Gasteiger partial charge on any atom is -0.325 e. The highest BCUT2D eigenvalue weighted by molar-refractivity contribution is 8.00. The Kier molecular flexibility index (Phi) is 7.37. The third kappa shape index (κ3) is 5.98. The zero-order chi connectivity index (χ0) is 21.7. The van der Waals surface area contributed by atoms with Crippen molar-refractivity contribution in [2.75, 3.05) is 10.6 Å². The lowest BCUT2D eigenvalue weighted by Gasteiger charge is -2.13. The molecular weight excluding hydrogens is 446 g/mol. The molecule has 0 radical (unpaired) electrons. The second-order valence-electron chi connectivity index (χ2n) is 6.37. The van der Waals surface area contributed by atoms with Gasteiger partial charge in [-0.15, -0.1) is 11.8 Å². The lowest BCUT2D eigenvalue weighted by molar-refractivity contribution is -0.115. The zero-order valence-electron chi connectivity index (χ0n) is 15.8. The SMILES string of the molecule is CC(Sc1cccc(NC(=O)c2ccc(F)cc2)c1)C(=O)Nc1ccc(Cl)c(Cl)c1. The number of benzene rings is 3. The van der Waals surface area contributed by atoms with E-state index in [0.717, 1.165) is 4.90 Å². The summed E-state index contributed by atoms with van der Waals surface area (Å²) in [5, 5.41) is 5.94. The van der Waals surface area contributed by atoms with Crippen LogP contribution in [-0.2, 0) is 4.79 Å². The van der Waals surface area contributed by atoms with Crippen LogP contribution in [0.25, 0.3) is 0 Å². The predicted octanol–water partition coefficient (Wildman–Crippen LogP) is 6.50. The number of carbonyl (C=O) groups is 2. The van der Waals surface area contributed by atoms with Crippen molar-refractivity contribution in [3.05, 3.63) is 88.2 Å².